The predicted octanol–water partition coefficient (Wildman–Crippen LogP) is 6.36. The maximum absolute atomic E-state index is 11.9. The molecule has 0 saturated carbocycles. The summed E-state index contributed by atoms with van der Waals surface area (Å²) in [4.78, 5) is 28.3. The highest BCUT2D eigenvalue weighted by Gasteiger charge is 2.16. The van der Waals surface area contributed by atoms with E-state index in [9.17, 15) is 9.59 Å². The molecule has 1 amide bonds. The standard InChI is InChI=1S/C13H11NO3S.C11H15N/c1-8-7-10(11(18-8)13(16)17)14-12(15)9-5-3-2-4-6-9;1-9(2)8-12-11-7-5-4-6-10(11)3/h2-7H,1H3,(H,14,15)(H,16,17);4-9H,1-3H3. The van der Waals surface area contributed by atoms with Crippen molar-refractivity contribution in [2.45, 2.75) is 27.7 Å². The number of amides is 1. The van der Waals surface area contributed by atoms with E-state index in [0.717, 1.165) is 21.9 Å². The van der Waals surface area contributed by atoms with Gasteiger partial charge >= 0.3 is 5.97 Å². The minimum absolute atomic E-state index is 0.150. The molecular weight excluding hydrogens is 396 g/mol. The first-order valence-corrected chi connectivity index (χ1v) is 10.4. The van der Waals surface area contributed by atoms with Crippen molar-refractivity contribution >= 4 is 40.8 Å². The predicted molar refractivity (Wildman–Crippen MR) is 125 cm³/mol. The number of nitrogens with one attached hydrogen (secondary N) is 1. The zero-order valence-corrected chi connectivity index (χ0v) is 18.4. The van der Waals surface area contributed by atoms with E-state index in [-0.39, 0.29) is 10.8 Å². The van der Waals surface area contributed by atoms with Crippen molar-refractivity contribution in [3.8, 4) is 0 Å². The summed E-state index contributed by atoms with van der Waals surface area (Å²) in [7, 11) is 0. The highest BCUT2D eigenvalue weighted by atomic mass is 32.1. The number of benzene rings is 2. The molecule has 0 fully saturated rings. The van der Waals surface area contributed by atoms with Crippen molar-refractivity contribution in [2.24, 2.45) is 10.9 Å². The molecule has 0 radical (unpaired) electrons. The van der Waals surface area contributed by atoms with Gasteiger partial charge in [0, 0.05) is 16.7 Å². The van der Waals surface area contributed by atoms with Crippen molar-refractivity contribution in [3.63, 3.8) is 0 Å². The quantitative estimate of drug-likeness (QED) is 0.470. The lowest BCUT2D eigenvalue weighted by Gasteiger charge is -2.03. The smallest absolute Gasteiger partial charge is 0.348 e. The number of aryl methyl sites for hydroxylation is 2. The Morgan fingerprint density at radius 3 is 2.27 bits per heavy atom. The van der Waals surface area contributed by atoms with Gasteiger partial charge in [-0.05, 0) is 49.6 Å². The van der Waals surface area contributed by atoms with E-state index < -0.39 is 5.97 Å². The van der Waals surface area contributed by atoms with Crippen molar-refractivity contribution in [2.75, 3.05) is 5.32 Å². The summed E-state index contributed by atoms with van der Waals surface area (Å²) < 4.78 is 0. The van der Waals surface area contributed by atoms with E-state index >= 15 is 0 Å². The number of para-hydroxylation sites is 1. The first-order chi connectivity index (χ1) is 14.3. The minimum atomic E-state index is -1.03. The molecule has 5 nitrogen and oxygen atoms in total. The average molecular weight is 423 g/mol. The molecule has 0 bridgehead atoms. The fraction of sp³-hybridized carbons (Fsp3) is 0.208. The highest BCUT2D eigenvalue weighted by molar-refractivity contribution is 7.14. The summed E-state index contributed by atoms with van der Waals surface area (Å²) in [6, 6.07) is 18.5. The van der Waals surface area contributed by atoms with Crippen molar-refractivity contribution in [1.29, 1.82) is 0 Å². The van der Waals surface area contributed by atoms with E-state index in [2.05, 4.69) is 37.1 Å². The Kier molecular flexibility index (Phi) is 8.50. The van der Waals surface area contributed by atoms with Crippen LogP contribution in [0.3, 0.4) is 0 Å². The van der Waals surface area contributed by atoms with Crippen LogP contribution in [0.15, 0.2) is 65.7 Å². The van der Waals surface area contributed by atoms with Gasteiger partial charge in [0.15, 0.2) is 0 Å². The second kappa shape index (κ2) is 11.1. The first-order valence-electron chi connectivity index (χ1n) is 9.58. The summed E-state index contributed by atoms with van der Waals surface area (Å²) in [6.45, 7) is 8.13. The molecule has 6 heteroatoms. The van der Waals surface area contributed by atoms with Gasteiger partial charge in [-0.25, -0.2) is 4.79 Å². The molecule has 0 saturated heterocycles. The maximum atomic E-state index is 11.9. The van der Waals surface area contributed by atoms with Crippen molar-refractivity contribution < 1.29 is 14.7 Å². The molecule has 156 valence electrons. The van der Waals surface area contributed by atoms with Gasteiger partial charge in [0.25, 0.3) is 5.91 Å². The first kappa shape index (κ1) is 23.0. The second-order valence-corrected chi connectivity index (χ2v) is 8.29. The van der Waals surface area contributed by atoms with E-state index in [1.54, 1.807) is 37.3 Å². The monoisotopic (exact) mass is 422 g/mol. The molecule has 0 aliphatic rings. The van der Waals surface area contributed by atoms with Gasteiger partial charge in [-0.3, -0.25) is 9.79 Å². The molecule has 3 rings (SSSR count). The Morgan fingerprint density at radius 1 is 1.03 bits per heavy atom. The van der Waals surface area contributed by atoms with Crippen LogP contribution in [0.5, 0.6) is 0 Å². The maximum Gasteiger partial charge on any atom is 0.348 e. The number of carbonyl (C=O) groups is 2. The summed E-state index contributed by atoms with van der Waals surface area (Å²) in [5, 5.41) is 11.6. The number of rotatable bonds is 5. The molecule has 1 aromatic heterocycles. The van der Waals surface area contributed by atoms with Gasteiger partial charge in [-0.15, -0.1) is 11.3 Å². The van der Waals surface area contributed by atoms with E-state index in [0.29, 0.717) is 17.2 Å². The average Bonchev–Trinajstić information content (AvgIpc) is 3.09. The third-order valence-corrected chi connectivity index (χ3v) is 5.00. The Balaban J connectivity index is 0.000000232. The number of aromatic carboxylic acids is 1. The molecule has 2 N–H and O–H groups in total. The van der Waals surface area contributed by atoms with Crippen LogP contribution in [-0.2, 0) is 0 Å². The summed E-state index contributed by atoms with van der Waals surface area (Å²) in [6.07, 6.45) is 1.97. The lowest BCUT2D eigenvalue weighted by molar-refractivity contribution is 0.0703. The van der Waals surface area contributed by atoms with Crippen LogP contribution in [0.2, 0.25) is 0 Å². The third kappa shape index (κ3) is 6.97. The zero-order chi connectivity index (χ0) is 22.1. The van der Waals surface area contributed by atoms with Gasteiger partial charge < -0.3 is 10.4 Å². The van der Waals surface area contributed by atoms with Crippen LogP contribution in [0.1, 0.15) is 44.3 Å². The number of carboxylic acid groups (broad SMARTS) is 1. The minimum Gasteiger partial charge on any atom is -0.477 e. The van der Waals surface area contributed by atoms with Crippen molar-refractivity contribution in [3.05, 3.63) is 81.5 Å². The van der Waals surface area contributed by atoms with Gasteiger partial charge in [-0.1, -0.05) is 50.2 Å². The van der Waals surface area contributed by atoms with Gasteiger partial charge in [0.05, 0.1) is 11.4 Å². The Morgan fingerprint density at radius 2 is 1.67 bits per heavy atom. The van der Waals surface area contributed by atoms with Gasteiger partial charge in [-0.2, -0.15) is 0 Å². The van der Waals surface area contributed by atoms with Crippen LogP contribution in [-0.4, -0.2) is 23.2 Å². The summed E-state index contributed by atoms with van der Waals surface area (Å²) in [5.74, 6) is -0.822. The summed E-state index contributed by atoms with van der Waals surface area (Å²) >= 11 is 1.15. The van der Waals surface area contributed by atoms with Gasteiger partial charge in [0.2, 0.25) is 0 Å². The molecule has 30 heavy (non-hydrogen) atoms. The molecule has 2 aromatic carbocycles. The molecular formula is C24H26N2O3S. The Hall–Kier alpha value is -3.25. The zero-order valence-electron chi connectivity index (χ0n) is 17.5. The lowest BCUT2D eigenvalue weighted by Crippen LogP contribution is -2.13. The van der Waals surface area contributed by atoms with Crippen LogP contribution in [0, 0.1) is 19.8 Å². The van der Waals surface area contributed by atoms with Crippen LogP contribution >= 0.6 is 11.3 Å². The van der Waals surface area contributed by atoms with Crippen LogP contribution in [0.25, 0.3) is 0 Å². The number of hydrogen-bond donors (Lipinski definition) is 2. The van der Waals surface area contributed by atoms with E-state index in [1.807, 2.05) is 30.5 Å². The number of anilines is 1. The normalized spacial score (nSPS) is 10.6. The second-order valence-electron chi connectivity index (χ2n) is 7.03. The molecule has 0 aliphatic carbocycles. The van der Waals surface area contributed by atoms with Crippen LogP contribution in [0.4, 0.5) is 11.4 Å². The number of aliphatic imine (C=N–C) groups is 1. The van der Waals surface area contributed by atoms with E-state index in [4.69, 9.17) is 5.11 Å². The van der Waals surface area contributed by atoms with Crippen molar-refractivity contribution in [1.82, 2.24) is 0 Å². The van der Waals surface area contributed by atoms with E-state index in [1.165, 1.54) is 5.56 Å². The van der Waals surface area contributed by atoms with Gasteiger partial charge in [0.1, 0.15) is 4.88 Å². The molecule has 3 aromatic rings. The number of carboxylic acids is 1. The molecule has 0 unspecified atom stereocenters. The molecule has 1 heterocycles. The third-order valence-electron chi connectivity index (χ3n) is 3.96. The number of hydrogen-bond acceptors (Lipinski definition) is 4. The number of nitrogens with zero attached hydrogens (tertiary/aromatic N) is 1. The highest BCUT2D eigenvalue weighted by Crippen LogP contribution is 2.27. The Labute approximate surface area is 181 Å². The molecule has 0 atom stereocenters. The summed E-state index contributed by atoms with van der Waals surface area (Å²) in [5.41, 5.74) is 3.15. The SMILES string of the molecule is Cc1cc(NC(=O)c2ccccc2)c(C(=O)O)s1.Cc1ccccc1N=CC(C)C. The number of thiophene rings is 1. The molecule has 0 aliphatic heterocycles. The molecule has 0 spiro atoms. The largest absolute Gasteiger partial charge is 0.477 e. The topological polar surface area (TPSA) is 78.8 Å². The fourth-order valence-corrected chi connectivity index (χ4v) is 3.29. The fourth-order valence-electron chi connectivity index (χ4n) is 2.49. The lowest BCUT2D eigenvalue weighted by atomic mass is 10.2. The Bertz CT molecular complexity index is 1020. The van der Waals surface area contributed by atoms with Crippen LogP contribution < -0.4 is 5.32 Å². The number of carbonyl (C=O) groups excluding carboxylic acids is 1.